The summed E-state index contributed by atoms with van der Waals surface area (Å²) in [4.78, 5) is 21.5. The van der Waals surface area contributed by atoms with E-state index in [1.54, 1.807) is 6.92 Å². The predicted octanol–water partition coefficient (Wildman–Crippen LogP) is 3.12. The molecule has 21 heavy (non-hydrogen) atoms. The van der Waals surface area contributed by atoms with Gasteiger partial charge in [-0.1, -0.05) is 0 Å². The molecule has 2 aromatic rings. The minimum atomic E-state index is -1.19. The quantitative estimate of drug-likeness (QED) is 0.666. The summed E-state index contributed by atoms with van der Waals surface area (Å²) in [5.41, 5.74) is 0.211. The topological polar surface area (TPSA) is 111 Å². The van der Waals surface area contributed by atoms with Gasteiger partial charge in [0.1, 0.15) is 5.69 Å². The highest BCUT2D eigenvalue weighted by Gasteiger charge is 2.28. The Balaban J connectivity index is 2.46. The Labute approximate surface area is 123 Å². The summed E-state index contributed by atoms with van der Waals surface area (Å²) in [5, 5.41) is 24.8. The summed E-state index contributed by atoms with van der Waals surface area (Å²) in [7, 11) is 0. The van der Waals surface area contributed by atoms with E-state index in [9.17, 15) is 14.9 Å². The lowest BCUT2D eigenvalue weighted by Crippen LogP contribution is -2.04. The highest BCUT2D eigenvalue weighted by Crippen LogP contribution is 2.38. The van der Waals surface area contributed by atoms with E-state index in [0.29, 0.717) is 10.7 Å². The first-order valence-corrected chi connectivity index (χ1v) is 6.87. The predicted molar refractivity (Wildman–Crippen MR) is 73.8 cm³/mol. The Morgan fingerprint density at radius 1 is 1.52 bits per heavy atom. The van der Waals surface area contributed by atoms with Gasteiger partial charge in [0, 0.05) is 6.04 Å². The first kappa shape index (κ1) is 15.1. The van der Waals surface area contributed by atoms with Crippen molar-refractivity contribution in [2.24, 2.45) is 0 Å². The number of aromatic nitrogens is 2. The van der Waals surface area contributed by atoms with E-state index in [2.05, 4.69) is 5.10 Å². The molecule has 0 aromatic carbocycles. The molecule has 0 unspecified atom stereocenters. The molecule has 0 saturated heterocycles. The summed E-state index contributed by atoms with van der Waals surface area (Å²) >= 11 is 0.985. The smallest absolute Gasteiger partial charge is 0.371 e. The minimum Gasteiger partial charge on any atom is -0.475 e. The number of hydrogen-bond donors (Lipinski definition) is 1. The maximum Gasteiger partial charge on any atom is 0.371 e. The van der Waals surface area contributed by atoms with Crippen molar-refractivity contribution < 1.29 is 19.2 Å². The van der Waals surface area contributed by atoms with Crippen LogP contribution in [0.5, 0.6) is 0 Å². The van der Waals surface area contributed by atoms with Gasteiger partial charge in [-0.05, 0) is 44.7 Å². The van der Waals surface area contributed by atoms with E-state index in [-0.39, 0.29) is 22.6 Å². The van der Waals surface area contributed by atoms with Gasteiger partial charge >= 0.3 is 11.7 Å². The summed E-state index contributed by atoms with van der Waals surface area (Å²) in [5.74, 6) is -1.41. The molecule has 0 bridgehead atoms. The van der Waals surface area contributed by atoms with Crippen LogP contribution < -0.4 is 0 Å². The summed E-state index contributed by atoms with van der Waals surface area (Å²) in [6, 6.07) is 2.69. The van der Waals surface area contributed by atoms with E-state index in [0.717, 1.165) is 11.8 Å². The Morgan fingerprint density at radius 2 is 2.19 bits per heavy atom. The molecule has 1 N–H and O–H groups in total. The SMILES string of the molecule is Cc1nn(C(C)C)c(Sc2ccc(C(=O)O)o2)c1[N+](=O)[O-]. The van der Waals surface area contributed by atoms with Gasteiger partial charge in [0.2, 0.25) is 5.76 Å². The minimum absolute atomic E-state index is 0.0752. The van der Waals surface area contributed by atoms with Gasteiger partial charge in [-0.15, -0.1) is 0 Å². The number of rotatable bonds is 5. The van der Waals surface area contributed by atoms with Crippen LogP contribution in [0.1, 0.15) is 36.1 Å². The van der Waals surface area contributed by atoms with Crippen LogP contribution in [0.3, 0.4) is 0 Å². The van der Waals surface area contributed by atoms with Crippen LogP contribution in [0.25, 0.3) is 0 Å². The molecule has 0 atom stereocenters. The molecule has 2 heterocycles. The Hall–Kier alpha value is -2.29. The highest BCUT2D eigenvalue weighted by atomic mass is 32.2. The van der Waals surface area contributed by atoms with Gasteiger partial charge in [-0.2, -0.15) is 5.10 Å². The van der Waals surface area contributed by atoms with E-state index in [1.165, 1.54) is 16.8 Å². The third-order valence-corrected chi connectivity index (χ3v) is 3.67. The molecule has 2 aromatic heterocycles. The summed E-state index contributed by atoms with van der Waals surface area (Å²) in [6.45, 7) is 5.27. The molecular formula is C12H13N3O5S. The zero-order chi connectivity index (χ0) is 15.7. The second-order valence-electron chi connectivity index (χ2n) is 4.56. The molecule has 0 aliphatic heterocycles. The summed E-state index contributed by atoms with van der Waals surface area (Å²) < 4.78 is 6.66. The second kappa shape index (κ2) is 5.60. The van der Waals surface area contributed by atoms with Crippen LogP contribution >= 0.6 is 11.8 Å². The van der Waals surface area contributed by atoms with Crippen molar-refractivity contribution in [2.75, 3.05) is 0 Å². The molecule has 9 heteroatoms. The molecule has 0 fully saturated rings. The van der Waals surface area contributed by atoms with Crippen molar-refractivity contribution in [1.82, 2.24) is 9.78 Å². The lowest BCUT2D eigenvalue weighted by atomic mass is 10.4. The van der Waals surface area contributed by atoms with E-state index in [1.807, 2.05) is 13.8 Å². The standard InChI is InChI=1S/C12H13N3O5S/c1-6(2)14-11(10(15(18)19)7(3)13-14)21-9-5-4-8(20-9)12(16)17/h4-6H,1-3H3,(H,16,17). The van der Waals surface area contributed by atoms with E-state index in [4.69, 9.17) is 9.52 Å². The third-order valence-electron chi connectivity index (χ3n) is 2.67. The number of nitro groups is 1. The molecule has 2 rings (SSSR count). The van der Waals surface area contributed by atoms with Crippen molar-refractivity contribution in [3.8, 4) is 0 Å². The van der Waals surface area contributed by atoms with Gasteiger partial charge in [0.15, 0.2) is 10.1 Å². The number of furan rings is 1. The maximum atomic E-state index is 11.2. The van der Waals surface area contributed by atoms with E-state index >= 15 is 0 Å². The first-order valence-electron chi connectivity index (χ1n) is 6.05. The average molecular weight is 311 g/mol. The molecule has 0 amide bonds. The zero-order valence-corrected chi connectivity index (χ0v) is 12.4. The maximum absolute atomic E-state index is 11.2. The number of carbonyl (C=O) groups is 1. The number of hydrogen-bond acceptors (Lipinski definition) is 6. The Kier molecular flexibility index (Phi) is 4.03. The number of carboxylic acids is 1. The first-order chi connectivity index (χ1) is 9.81. The Morgan fingerprint density at radius 3 is 2.67 bits per heavy atom. The van der Waals surface area contributed by atoms with Gasteiger partial charge in [0.25, 0.3) is 0 Å². The van der Waals surface area contributed by atoms with Gasteiger partial charge in [0.05, 0.1) is 4.92 Å². The normalized spacial score (nSPS) is 11.0. The van der Waals surface area contributed by atoms with Gasteiger partial charge < -0.3 is 9.52 Å². The third kappa shape index (κ3) is 2.92. The molecule has 0 aliphatic rings. The number of carboxylic acid groups (broad SMARTS) is 1. The van der Waals surface area contributed by atoms with Crippen LogP contribution in [0.15, 0.2) is 26.7 Å². The lowest BCUT2D eigenvalue weighted by Gasteiger charge is -2.08. The fourth-order valence-corrected chi connectivity index (χ4v) is 2.88. The number of aromatic carboxylic acids is 1. The van der Waals surface area contributed by atoms with Gasteiger partial charge in [-0.25, -0.2) is 9.48 Å². The molecule has 0 aliphatic carbocycles. The second-order valence-corrected chi connectivity index (χ2v) is 5.55. The van der Waals surface area contributed by atoms with Gasteiger partial charge in [-0.3, -0.25) is 10.1 Å². The largest absolute Gasteiger partial charge is 0.475 e. The van der Waals surface area contributed by atoms with Crippen LogP contribution in [0.2, 0.25) is 0 Å². The number of nitrogens with zero attached hydrogens (tertiary/aromatic N) is 3. The average Bonchev–Trinajstić information content (AvgIpc) is 2.94. The van der Waals surface area contributed by atoms with Crippen molar-refractivity contribution in [3.05, 3.63) is 33.7 Å². The van der Waals surface area contributed by atoms with Crippen molar-refractivity contribution in [2.45, 2.75) is 36.9 Å². The highest BCUT2D eigenvalue weighted by molar-refractivity contribution is 7.99. The van der Waals surface area contributed by atoms with Crippen LogP contribution in [0.4, 0.5) is 5.69 Å². The molecule has 8 nitrogen and oxygen atoms in total. The zero-order valence-electron chi connectivity index (χ0n) is 11.6. The van der Waals surface area contributed by atoms with E-state index < -0.39 is 10.9 Å². The van der Waals surface area contributed by atoms with Crippen molar-refractivity contribution in [3.63, 3.8) is 0 Å². The lowest BCUT2D eigenvalue weighted by molar-refractivity contribution is -0.388. The fourth-order valence-electron chi connectivity index (χ4n) is 1.76. The van der Waals surface area contributed by atoms with Crippen LogP contribution in [0, 0.1) is 17.0 Å². The van der Waals surface area contributed by atoms with Crippen molar-refractivity contribution >= 4 is 23.4 Å². The molecule has 0 saturated carbocycles. The van der Waals surface area contributed by atoms with Crippen molar-refractivity contribution in [1.29, 1.82) is 0 Å². The fraction of sp³-hybridized carbons (Fsp3) is 0.333. The molecule has 0 radical (unpaired) electrons. The molecule has 112 valence electrons. The number of aryl methyl sites for hydroxylation is 1. The molecular weight excluding hydrogens is 298 g/mol. The van der Waals surface area contributed by atoms with Crippen LogP contribution in [-0.2, 0) is 0 Å². The molecule has 0 spiro atoms. The summed E-state index contributed by atoms with van der Waals surface area (Å²) in [6.07, 6.45) is 0. The van der Waals surface area contributed by atoms with Crippen LogP contribution in [-0.4, -0.2) is 25.8 Å². The monoisotopic (exact) mass is 311 g/mol. The Bertz CT molecular complexity index is 704.